The van der Waals surface area contributed by atoms with E-state index in [-0.39, 0.29) is 5.91 Å². The van der Waals surface area contributed by atoms with Gasteiger partial charge < -0.3 is 10.2 Å². The molecule has 0 radical (unpaired) electrons. The molecule has 0 spiro atoms. The molecule has 0 saturated heterocycles. The van der Waals surface area contributed by atoms with Crippen LogP contribution in [0.5, 0.6) is 0 Å². The molecule has 0 bridgehead atoms. The summed E-state index contributed by atoms with van der Waals surface area (Å²) in [4.78, 5) is 13.7. The molecule has 1 aromatic rings. The normalized spacial score (nSPS) is 10.0. The van der Waals surface area contributed by atoms with E-state index < -0.39 is 0 Å². The maximum atomic E-state index is 12.1. The average molecular weight is 241 g/mol. The first kappa shape index (κ1) is 12.8. The smallest absolute Gasteiger partial charge is 0.255 e. The van der Waals surface area contributed by atoms with Crippen LogP contribution in [0, 0.1) is 0 Å². The summed E-state index contributed by atoms with van der Waals surface area (Å²) >= 11 is 5.91. The quantitative estimate of drug-likeness (QED) is 0.878. The van der Waals surface area contributed by atoms with Crippen LogP contribution in [0.1, 0.15) is 24.2 Å². The van der Waals surface area contributed by atoms with Gasteiger partial charge in [0.25, 0.3) is 5.91 Å². The molecule has 0 heterocycles. The summed E-state index contributed by atoms with van der Waals surface area (Å²) in [5.41, 5.74) is 1.45. The van der Waals surface area contributed by atoms with Gasteiger partial charge in [-0.25, -0.2) is 0 Å². The predicted octanol–water partition coefficient (Wildman–Crippen LogP) is 2.86. The fraction of sp³-hybridized carbons (Fsp3) is 0.417. The summed E-state index contributed by atoms with van der Waals surface area (Å²) in [5.74, 6) is -0.0130. The van der Waals surface area contributed by atoms with E-state index in [2.05, 4.69) is 5.32 Å². The summed E-state index contributed by atoms with van der Waals surface area (Å²) in [6.07, 6.45) is 0. The second-order valence-corrected chi connectivity index (χ2v) is 3.98. The number of hydrogen-bond acceptors (Lipinski definition) is 2. The van der Waals surface area contributed by atoms with Crippen LogP contribution in [-0.2, 0) is 0 Å². The lowest BCUT2D eigenvalue weighted by Gasteiger charge is -2.17. The molecule has 4 heteroatoms. The highest BCUT2D eigenvalue weighted by Crippen LogP contribution is 2.21. The number of nitrogens with one attached hydrogen (secondary N) is 1. The van der Waals surface area contributed by atoms with Crippen molar-refractivity contribution in [3.05, 3.63) is 28.8 Å². The van der Waals surface area contributed by atoms with Crippen molar-refractivity contribution in [1.29, 1.82) is 0 Å². The molecule has 1 amide bonds. The van der Waals surface area contributed by atoms with Crippen molar-refractivity contribution in [2.75, 3.05) is 25.5 Å². The maximum Gasteiger partial charge on any atom is 0.255 e. The highest BCUT2D eigenvalue weighted by molar-refractivity contribution is 6.31. The van der Waals surface area contributed by atoms with Gasteiger partial charge in [-0.1, -0.05) is 11.6 Å². The lowest BCUT2D eigenvalue weighted by atomic mass is 10.1. The van der Waals surface area contributed by atoms with Crippen LogP contribution in [-0.4, -0.2) is 30.9 Å². The van der Waals surface area contributed by atoms with Crippen LogP contribution < -0.4 is 5.32 Å². The first-order valence-corrected chi connectivity index (χ1v) is 5.76. The SMILES string of the molecule is CCNc1ccc(Cl)cc1C(=O)N(C)CC. The van der Waals surface area contributed by atoms with Crippen molar-refractivity contribution in [2.45, 2.75) is 13.8 Å². The third kappa shape index (κ3) is 2.89. The molecule has 0 fully saturated rings. The van der Waals surface area contributed by atoms with Crippen molar-refractivity contribution in [2.24, 2.45) is 0 Å². The van der Waals surface area contributed by atoms with E-state index in [1.54, 1.807) is 24.1 Å². The number of anilines is 1. The van der Waals surface area contributed by atoms with Gasteiger partial charge in [0.05, 0.1) is 5.56 Å². The number of hydrogen-bond donors (Lipinski definition) is 1. The van der Waals surface area contributed by atoms with E-state index in [1.807, 2.05) is 19.9 Å². The zero-order valence-corrected chi connectivity index (χ0v) is 10.6. The Morgan fingerprint density at radius 2 is 2.12 bits per heavy atom. The minimum atomic E-state index is -0.0130. The Morgan fingerprint density at radius 3 is 2.69 bits per heavy atom. The predicted molar refractivity (Wildman–Crippen MR) is 68.3 cm³/mol. The van der Waals surface area contributed by atoms with Crippen LogP contribution >= 0.6 is 11.6 Å². The van der Waals surface area contributed by atoms with Gasteiger partial charge in [-0.15, -0.1) is 0 Å². The number of nitrogens with zero attached hydrogens (tertiary/aromatic N) is 1. The molecule has 1 rings (SSSR count). The third-order valence-electron chi connectivity index (χ3n) is 2.40. The second kappa shape index (κ2) is 5.75. The number of carbonyl (C=O) groups excluding carboxylic acids is 1. The fourth-order valence-electron chi connectivity index (χ4n) is 1.39. The van der Waals surface area contributed by atoms with Crippen molar-refractivity contribution in [3.8, 4) is 0 Å². The third-order valence-corrected chi connectivity index (χ3v) is 2.64. The van der Waals surface area contributed by atoms with Crippen LogP contribution in [0.3, 0.4) is 0 Å². The monoisotopic (exact) mass is 240 g/mol. The van der Waals surface area contributed by atoms with Crippen LogP contribution in [0.2, 0.25) is 5.02 Å². The van der Waals surface area contributed by atoms with Crippen LogP contribution in [0.15, 0.2) is 18.2 Å². The number of rotatable bonds is 4. The molecule has 88 valence electrons. The fourth-order valence-corrected chi connectivity index (χ4v) is 1.56. The summed E-state index contributed by atoms with van der Waals surface area (Å²) in [5, 5.41) is 3.74. The topological polar surface area (TPSA) is 32.3 Å². The van der Waals surface area contributed by atoms with E-state index >= 15 is 0 Å². The van der Waals surface area contributed by atoms with Gasteiger partial charge in [-0.05, 0) is 32.0 Å². The Bertz CT molecular complexity index is 379. The first-order chi connectivity index (χ1) is 7.60. The molecular formula is C12H17ClN2O. The van der Waals surface area contributed by atoms with E-state index in [9.17, 15) is 4.79 Å². The summed E-state index contributed by atoms with van der Waals surface area (Å²) in [6.45, 7) is 5.39. The van der Waals surface area contributed by atoms with Crippen molar-refractivity contribution in [1.82, 2.24) is 4.90 Å². The zero-order valence-electron chi connectivity index (χ0n) is 9.88. The highest BCUT2D eigenvalue weighted by Gasteiger charge is 2.14. The number of carbonyl (C=O) groups is 1. The molecule has 1 N–H and O–H groups in total. The summed E-state index contributed by atoms with van der Waals surface area (Å²) < 4.78 is 0. The van der Waals surface area contributed by atoms with Gasteiger partial charge in [0.1, 0.15) is 0 Å². The first-order valence-electron chi connectivity index (χ1n) is 5.39. The highest BCUT2D eigenvalue weighted by atomic mass is 35.5. The molecule has 0 unspecified atom stereocenters. The lowest BCUT2D eigenvalue weighted by Crippen LogP contribution is -2.27. The number of benzene rings is 1. The average Bonchev–Trinajstić information content (AvgIpc) is 2.29. The van der Waals surface area contributed by atoms with Crippen molar-refractivity contribution in [3.63, 3.8) is 0 Å². The molecule has 0 saturated carbocycles. The molecule has 0 aromatic heterocycles. The van der Waals surface area contributed by atoms with Crippen molar-refractivity contribution >= 4 is 23.2 Å². The van der Waals surface area contributed by atoms with Gasteiger partial charge in [0, 0.05) is 30.8 Å². The molecule has 0 aliphatic carbocycles. The minimum absolute atomic E-state index is 0.0130. The molecular weight excluding hydrogens is 224 g/mol. The van der Waals surface area contributed by atoms with E-state index in [0.717, 1.165) is 12.2 Å². The molecule has 3 nitrogen and oxygen atoms in total. The van der Waals surface area contributed by atoms with E-state index in [4.69, 9.17) is 11.6 Å². The minimum Gasteiger partial charge on any atom is -0.385 e. The van der Waals surface area contributed by atoms with Crippen LogP contribution in [0.4, 0.5) is 5.69 Å². The second-order valence-electron chi connectivity index (χ2n) is 3.54. The Morgan fingerprint density at radius 1 is 1.44 bits per heavy atom. The molecule has 16 heavy (non-hydrogen) atoms. The molecule has 0 atom stereocenters. The van der Waals surface area contributed by atoms with Gasteiger partial charge in [-0.2, -0.15) is 0 Å². The van der Waals surface area contributed by atoms with Crippen LogP contribution in [0.25, 0.3) is 0 Å². The van der Waals surface area contributed by atoms with Gasteiger partial charge in [0.15, 0.2) is 0 Å². The summed E-state index contributed by atoms with van der Waals surface area (Å²) in [6, 6.07) is 5.32. The Hall–Kier alpha value is -1.22. The number of halogens is 1. The Labute approximate surface area is 101 Å². The van der Waals surface area contributed by atoms with Gasteiger partial charge in [0.2, 0.25) is 0 Å². The molecule has 0 aliphatic heterocycles. The standard InChI is InChI=1S/C12H17ClN2O/c1-4-14-11-7-6-9(13)8-10(11)12(16)15(3)5-2/h6-8,14H,4-5H2,1-3H3. The van der Waals surface area contributed by atoms with Gasteiger partial charge in [-0.3, -0.25) is 4.79 Å². The van der Waals surface area contributed by atoms with Crippen molar-refractivity contribution < 1.29 is 4.79 Å². The zero-order chi connectivity index (χ0) is 12.1. The molecule has 0 aliphatic rings. The lowest BCUT2D eigenvalue weighted by molar-refractivity contribution is 0.0803. The maximum absolute atomic E-state index is 12.1. The Kier molecular flexibility index (Phi) is 4.62. The largest absolute Gasteiger partial charge is 0.385 e. The Balaban J connectivity index is 3.08. The van der Waals surface area contributed by atoms with E-state index in [1.165, 1.54) is 0 Å². The van der Waals surface area contributed by atoms with E-state index in [0.29, 0.717) is 17.1 Å². The summed E-state index contributed by atoms with van der Waals surface area (Å²) in [7, 11) is 1.78. The van der Waals surface area contributed by atoms with Gasteiger partial charge >= 0.3 is 0 Å². The molecule has 1 aromatic carbocycles. The number of amides is 1.